The van der Waals surface area contributed by atoms with Gasteiger partial charge in [-0.15, -0.1) is 0 Å². The third kappa shape index (κ3) is 4.14. The molecule has 4 nitrogen and oxygen atoms in total. The summed E-state index contributed by atoms with van der Waals surface area (Å²) in [5.41, 5.74) is 1.75. The maximum Gasteiger partial charge on any atom is 0.417 e. The van der Waals surface area contributed by atoms with Gasteiger partial charge >= 0.3 is 6.09 Å². The predicted octanol–water partition coefficient (Wildman–Crippen LogP) is 5.11. The number of nitrogens with one attached hydrogen (secondary N) is 1. The molecule has 3 aromatic rings. The van der Waals surface area contributed by atoms with Crippen LogP contribution in [0.15, 0.2) is 72.8 Å². The standard InChI is InChI=1S/C20H16FNO3/c1-24-16-9-7-15(8-10-16)22-20(23)25-17-11-12-18(19(21)13-17)14-5-3-2-4-6-14/h2-13H,1H3,(H,22,23). The molecule has 1 N–H and O–H groups in total. The maximum atomic E-state index is 14.3. The zero-order valence-electron chi connectivity index (χ0n) is 13.5. The van der Waals surface area contributed by atoms with Gasteiger partial charge in [0.2, 0.25) is 0 Å². The summed E-state index contributed by atoms with van der Waals surface area (Å²) in [6.07, 6.45) is -0.697. The zero-order valence-corrected chi connectivity index (χ0v) is 13.5. The highest BCUT2D eigenvalue weighted by atomic mass is 19.1. The molecular weight excluding hydrogens is 321 g/mol. The van der Waals surface area contributed by atoms with E-state index in [1.165, 1.54) is 6.07 Å². The number of ether oxygens (including phenoxy) is 2. The van der Waals surface area contributed by atoms with E-state index < -0.39 is 11.9 Å². The SMILES string of the molecule is COc1ccc(NC(=O)Oc2ccc(-c3ccccc3)c(F)c2)cc1. The van der Waals surface area contributed by atoms with Crippen molar-refractivity contribution < 1.29 is 18.7 Å². The Bertz CT molecular complexity index is 864. The van der Waals surface area contributed by atoms with Crippen molar-refractivity contribution in [3.05, 3.63) is 78.6 Å². The first-order valence-electron chi connectivity index (χ1n) is 7.63. The summed E-state index contributed by atoms with van der Waals surface area (Å²) in [4.78, 5) is 11.9. The van der Waals surface area contributed by atoms with Crippen LogP contribution in [0.25, 0.3) is 11.1 Å². The number of carbonyl (C=O) groups is 1. The van der Waals surface area contributed by atoms with Gasteiger partial charge in [-0.05, 0) is 42.0 Å². The van der Waals surface area contributed by atoms with E-state index in [1.54, 1.807) is 43.5 Å². The van der Waals surface area contributed by atoms with Crippen LogP contribution >= 0.6 is 0 Å². The van der Waals surface area contributed by atoms with Gasteiger partial charge in [-0.1, -0.05) is 30.3 Å². The lowest BCUT2D eigenvalue weighted by molar-refractivity contribution is 0.215. The van der Waals surface area contributed by atoms with E-state index in [0.717, 1.165) is 5.56 Å². The lowest BCUT2D eigenvalue weighted by atomic mass is 10.1. The first-order valence-corrected chi connectivity index (χ1v) is 7.63. The number of hydrogen-bond donors (Lipinski definition) is 1. The van der Waals surface area contributed by atoms with Crippen molar-refractivity contribution >= 4 is 11.8 Å². The second-order valence-electron chi connectivity index (χ2n) is 5.25. The second kappa shape index (κ2) is 7.49. The first-order chi connectivity index (χ1) is 12.2. The third-order valence-corrected chi connectivity index (χ3v) is 3.57. The van der Waals surface area contributed by atoms with Gasteiger partial charge in [-0.25, -0.2) is 9.18 Å². The van der Waals surface area contributed by atoms with Crippen molar-refractivity contribution in [2.24, 2.45) is 0 Å². The van der Waals surface area contributed by atoms with Crippen LogP contribution in [0.5, 0.6) is 11.5 Å². The molecule has 3 rings (SSSR count). The van der Waals surface area contributed by atoms with Crippen LogP contribution in [0, 0.1) is 5.82 Å². The second-order valence-corrected chi connectivity index (χ2v) is 5.25. The lowest BCUT2D eigenvalue weighted by Gasteiger charge is -2.09. The normalized spacial score (nSPS) is 10.2. The fourth-order valence-electron chi connectivity index (χ4n) is 2.34. The molecule has 0 aromatic heterocycles. The Hall–Kier alpha value is -3.34. The third-order valence-electron chi connectivity index (χ3n) is 3.57. The summed E-state index contributed by atoms with van der Waals surface area (Å²) in [5, 5.41) is 2.57. The number of hydrogen-bond acceptors (Lipinski definition) is 3. The highest BCUT2D eigenvalue weighted by molar-refractivity contribution is 5.86. The minimum Gasteiger partial charge on any atom is -0.497 e. The van der Waals surface area contributed by atoms with Crippen molar-refractivity contribution in [1.29, 1.82) is 0 Å². The van der Waals surface area contributed by atoms with E-state index in [-0.39, 0.29) is 5.75 Å². The van der Waals surface area contributed by atoms with E-state index in [1.807, 2.05) is 30.3 Å². The van der Waals surface area contributed by atoms with Crippen molar-refractivity contribution in [3.63, 3.8) is 0 Å². The summed E-state index contributed by atoms with van der Waals surface area (Å²) < 4.78 is 24.4. The molecule has 0 unspecified atom stereocenters. The van der Waals surface area contributed by atoms with Gasteiger partial charge in [-0.3, -0.25) is 5.32 Å². The Morgan fingerprint density at radius 1 is 0.920 bits per heavy atom. The molecule has 25 heavy (non-hydrogen) atoms. The minimum atomic E-state index is -0.697. The quantitative estimate of drug-likeness (QED) is 0.719. The molecule has 0 heterocycles. The van der Waals surface area contributed by atoms with Gasteiger partial charge in [0, 0.05) is 17.3 Å². The Labute approximate surface area is 144 Å². The van der Waals surface area contributed by atoms with Crippen LogP contribution in [-0.4, -0.2) is 13.2 Å². The van der Waals surface area contributed by atoms with Crippen LogP contribution in [0.2, 0.25) is 0 Å². The van der Waals surface area contributed by atoms with Crippen LogP contribution in [0.4, 0.5) is 14.9 Å². The van der Waals surface area contributed by atoms with E-state index in [9.17, 15) is 9.18 Å². The average molecular weight is 337 g/mol. The topological polar surface area (TPSA) is 47.6 Å². The molecule has 0 bridgehead atoms. The zero-order chi connectivity index (χ0) is 17.6. The first kappa shape index (κ1) is 16.5. The van der Waals surface area contributed by atoms with Crippen LogP contribution < -0.4 is 14.8 Å². The number of methoxy groups -OCH3 is 1. The molecule has 1 amide bonds. The van der Waals surface area contributed by atoms with Gasteiger partial charge in [0.1, 0.15) is 17.3 Å². The molecule has 0 fully saturated rings. The van der Waals surface area contributed by atoms with Crippen molar-refractivity contribution in [1.82, 2.24) is 0 Å². The van der Waals surface area contributed by atoms with Crippen LogP contribution in [0.3, 0.4) is 0 Å². The number of benzene rings is 3. The summed E-state index contributed by atoms with van der Waals surface area (Å²) in [6, 6.07) is 20.3. The largest absolute Gasteiger partial charge is 0.497 e. The van der Waals surface area contributed by atoms with Crippen molar-refractivity contribution in [2.45, 2.75) is 0 Å². The van der Waals surface area contributed by atoms with Gasteiger partial charge in [0.05, 0.1) is 7.11 Å². The summed E-state index contributed by atoms with van der Waals surface area (Å²) in [6.45, 7) is 0. The maximum absolute atomic E-state index is 14.3. The molecule has 0 saturated heterocycles. The number of rotatable bonds is 4. The molecule has 5 heteroatoms. The van der Waals surface area contributed by atoms with Gasteiger partial charge < -0.3 is 9.47 Å². The number of halogens is 1. The van der Waals surface area contributed by atoms with E-state index in [0.29, 0.717) is 17.0 Å². The Balaban J connectivity index is 1.68. The molecule has 0 aliphatic rings. The molecule has 0 aliphatic heterocycles. The Kier molecular flexibility index (Phi) is 4.95. The van der Waals surface area contributed by atoms with Gasteiger partial charge in [0.25, 0.3) is 0 Å². The summed E-state index contributed by atoms with van der Waals surface area (Å²) >= 11 is 0. The number of anilines is 1. The molecular formula is C20H16FNO3. The molecule has 0 saturated carbocycles. The molecule has 0 atom stereocenters. The Morgan fingerprint density at radius 3 is 2.24 bits per heavy atom. The summed E-state index contributed by atoms with van der Waals surface area (Å²) in [7, 11) is 1.56. The smallest absolute Gasteiger partial charge is 0.417 e. The Morgan fingerprint density at radius 2 is 1.60 bits per heavy atom. The number of carbonyl (C=O) groups excluding carboxylic acids is 1. The van der Waals surface area contributed by atoms with Crippen LogP contribution in [-0.2, 0) is 0 Å². The lowest BCUT2D eigenvalue weighted by Crippen LogP contribution is -2.16. The summed E-state index contributed by atoms with van der Waals surface area (Å²) in [5.74, 6) is 0.349. The van der Waals surface area contributed by atoms with Gasteiger partial charge in [-0.2, -0.15) is 0 Å². The van der Waals surface area contributed by atoms with E-state index >= 15 is 0 Å². The predicted molar refractivity (Wildman–Crippen MR) is 94.5 cm³/mol. The van der Waals surface area contributed by atoms with Gasteiger partial charge in [0.15, 0.2) is 0 Å². The van der Waals surface area contributed by atoms with Crippen LogP contribution in [0.1, 0.15) is 0 Å². The number of amides is 1. The highest BCUT2D eigenvalue weighted by Gasteiger charge is 2.10. The van der Waals surface area contributed by atoms with E-state index in [2.05, 4.69) is 5.32 Å². The average Bonchev–Trinajstić information content (AvgIpc) is 2.63. The van der Waals surface area contributed by atoms with E-state index in [4.69, 9.17) is 9.47 Å². The molecule has 0 spiro atoms. The van der Waals surface area contributed by atoms with Crippen molar-refractivity contribution in [3.8, 4) is 22.6 Å². The molecule has 0 aliphatic carbocycles. The monoisotopic (exact) mass is 337 g/mol. The highest BCUT2D eigenvalue weighted by Crippen LogP contribution is 2.26. The molecule has 3 aromatic carbocycles. The molecule has 0 radical (unpaired) electrons. The fourth-order valence-corrected chi connectivity index (χ4v) is 2.34. The fraction of sp³-hybridized carbons (Fsp3) is 0.0500. The minimum absolute atomic E-state index is 0.128. The van der Waals surface area contributed by atoms with Crippen molar-refractivity contribution in [2.75, 3.05) is 12.4 Å². The molecule has 126 valence electrons.